The third-order valence-corrected chi connectivity index (χ3v) is 4.19. The van der Waals surface area contributed by atoms with Gasteiger partial charge >= 0.3 is 11.9 Å². The molecule has 130 valence electrons. The summed E-state index contributed by atoms with van der Waals surface area (Å²) >= 11 is 0. The fourth-order valence-corrected chi connectivity index (χ4v) is 2.60. The van der Waals surface area contributed by atoms with E-state index in [1.54, 1.807) is 0 Å². The molecule has 0 aliphatic heterocycles. The van der Waals surface area contributed by atoms with Gasteiger partial charge in [-0.1, -0.05) is 71.1 Å². The van der Waals surface area contributed by atoms with Gasteiger partial charge in [0.1, 0.15) is 5.54 Å². The zero-order chi connectivity index (χ0) is 16.8. The van der Waals surface area contributed by atoms with Crippen molar-refractivity contribution in [2.24, 2.45) is 5.73 Å². The van der Waals surface area contributed by atoms with Gasteiger partial charge in [0.25, 0.3) is 0 Å². The molecule has 0 aromatic carbocycles. The summed E-state index contributed by atoms with van der Waals surface area (Å²) < 4.78 is 0. The van der Waals surface area contributed by atoms with Crippen LogP contribution in [0.3, 0.4) is 0 Å². The Hall–Kier alpha value is -1.10. The molecule has 0 amide bonds. The molecule has 0 saturated carbocycles. The van der Waals surface area contributed by atoms with Crippen LogP contribution < -0.4 is 5.73 Å². The number of unbranched alkanes of at least 4 members (excludes halogenated alkanes) is 9. The number of aliphatic carboxylic acids is 2. The van der Waals surface area contributed by atoms with Gasteiger partial charge < -0.3 is 15.9 Å². The SMILES string of the molecule is CCCCCCCCCCCC[C@@](N)(CCC(=O)O)C(=O)O. The Bertz CT molecular complexity index is 320. The highest BCUT2D eigenvalue weighted by molar-refractivity contribution is 5.79. The maximum Gasteiger partial charge on any atom is 0.323 e. The number of carbonyl (C=O) groups is 2. The van der Waals surface area contributed by atoms with Crippen molar-refractivity contribution in [3.8, 4) is 0 Å². The average molecular weight is 315 g/mol. The molecule has 0 spiro atoms. The average Bonchev–Trinajstić information content (AvgIpc) is 2.47. The van der Waals surface area contributed by atoms with E-state index >= 15 is 0 Å². The minimum Gasteiger partial charge on any atom is -0.481 e. The second-order valence-electron chi connectivity index (χ2n) is 6.29. The van der Waals surface area contributed by atoms with Crippen LogP contribution in [0.25, 0.3) is 0 Å². The fraction of sp³-hybridized carbons (Fsp3) is 0.882. The lowest BCUT2D eigenvalue weighted by Crippen LogP contribution is -2.48. The highest BCUT2D eigenvalue weighted by Crippen LogP contribution is 2.20. The van der Waals surface area contributed by atoms with Crippen molar-refractivity contribution < 1.29 is 19.8 Å². The van der Waals surface area contributed by atoms with Crippen molar-refractivity contribution in [2.75, 3.05) is 0 Å². The van der Waals surface area contributed by atoms with E-state index in [9.17, 15) is 14.7 Å². The summed E-state index contributed by atoms with van der Waals surface area (Å²) in [4.78, 5) is 21.8. The first kappa shape index (κ1) is 20.9. The Morgan fingerprint density at radius 1 is 0.818 bits per heavy atom. The van der Waals surface area contributed by atoms with Crippen LogP contribution in [0.1, 0.15) is 90.4 Å². The third kappa shape index (κ3) is 10.6. The lowest BCUT2D eigenvalue weighted by Gasteiger charge is -2.23. The third-order valence-electron chi connectivity index (χ3n) is 4.19. The predicted molar refractivity (Wildman–Crippen MR) is 87.9 cm³/mol. The molecule has 0 aliphatic rings. The van der Waals surface area contributed by atoms with Crippen LogP contribution in [-0.4, -0.2) is 27.7 Å². The molecule has 0 aliphatic carbocycles. The van der Waals surface area contributed by atoms with Crippen LogP contribution in [0.4, 0.5) is 0 Å². The Morgan fingerprint density at radius 2 is 1.27 bits per heavy atom. The molecule has 0 bridgehead atoms. The van der Waals surface area contributed by atoms with Gasteiger partial charge in [0.05, 0.1) is 0 Å². The molecule has 1 atom stereocenters. The Balaban J connectivity index is 3.68. The minimum atomic E-state index is -1.39. The molecular formula is C17H33NO4. The molecule has 0 fully saturated rings. The predicted octanol–water partition coefficient (Wildman–Crippen LogP) is 3.94. The maximum atomic E-state index is 11.2. The minimum absolute atomic E-state index is 0.00487. The Kier molecular flexibility index (Phi) is 11.8. The molecule has 0 saturated heterocycles. The van der Waals surface area contributed by atoms with Gasteiger partial charge in [-0.25, -0.2) is 0 Å². The first-order chi connectivity index (χ1) is 10.4. The van der Waals surface area contributed by atoms with Crippen molar-refractivity contribution in [3.63, 3.8) is 0 Å². The Labute approximate surface area is 134 Å². The van der Waals surface area contributed by atoms with E-state index in [2.05, 4.69) is 6.92 Å². The first-order valence-corrected chi connectivity index (χ1v) is 8.66. The summed E-state index contributed by atoms with van der Waals surface area (Å²) in [6, 6.07) is 0. The monoisotopic (exact) mass is 315 g/mol. The molecule has 0 rings (SSSR count). The summed E-state index contributed by atoms with van der Waals surface area (Å²) in [7, 11) is 0. The molecule has 0 radical (unpaired) electrons. The lowest BCUT2D eigenvalue weighted by molar-refractivity contribution is -0.145. The standard InChI is InChI=1S/C17H33NO4/c1-2-3-4-5-6-7-8-9-10-11-13-17(18,16(21)22)14-12-15(19)20/h2-14,18H2,1H3,(H,19,20)(H,21,22)/t17-/m1/s1. The van der Waals surface area contributed by atoms with E-state index in [1.165, 1.54) is 44.9 Å². The van der Waals surface area contributed by atoms with Crippen LogP contribution in [-0.2, 0) is 9.59 Å². The van der Waals surface area contributed by atoms with Gasteiger partial charge in [0, 0.05) is 6.42 Å². The zero-order valence-electron chi connectivity index (χ0n) is 14.0. The van der Waals surface area contributed by atoms with E-state index in [0.29, 0.717) is 6.42 Å². The quantitative estimate of drug-likeness (QED) is 0.397. The van der Waals surface area contributed by atoms with Crippen molar-refractivity contribution in [1.82, 2.24) is 0 Å². The molecule has 5 heteroatoms. The van der Waals surface area contributed by atoms with Crippen LogP contribution in [0.2, 0.25) is 0 Å². The van der Waals surface area contributed by atoms with Crippen molar-refractivity contribution in [1.29, 1.82) is 0 Å². The van der Waals surface area contributed by atoms with Crippen LogP contribution in [0.15, 0.2) is 0 Å². The number of hydrogen-bond acceptors (Lipinski definition) is 3. The number of nitrogens with two attached hydrogens (primary N) is 1. The Morgan fingerprint density at radius 3 is 1.68 bits per heavy atom. The largest absolute Gasteiger partial charge is 0.481 e. The van der Waals surface area contributed by atoms with E-state index in [-0.39, 0.29) is 12.8 Å². The van der Waals surface area contributed by atoms with Gasteiger partial charge in [-0.3, -0.25) is 9.59 Å². The molecule has 0 heterocycles. The number of hydrogen-bond donors (Lipinski definition) is 3. The number of carboxylic acids is 2. The van der Waals surface area contributed by atoms with E-state index < -0.39 is 17.5 Å². The lowest BCUT2D eigenvalue weighted by atomic mass is 9.88. The van der Waals surface area contributed by atoms with Crippen molar-refractivity contribution in [3.05, 3.63) is 0 Å². The normalized spacial score (nSPS) is 13.7. The molecule has 22 heavy (non-hydrogen) atoms. The van der Waals surface area contributed by atoms with Gasteiger partial charge in [0.2, 0.25) is 0 Å². The molecule has 0 aromatic heterocycles. The summed E-state index contributed by atoms with van der Waals surface area (Å²) in [5.41, 5.74) is 4.44. The fourth-order valence-electron chi connectivity index (χ4n) is 2.60. The van der Waals surface area contributed by atoms with Crippen molar-refractivity contribution >= 4 is 11.9 Å². The second kappa shape index (κ2) is 12.4. The van der Waals surface area contributed by atoms with E-state index in [1.807, 2.05) is 0 Å². The molecule has 4 N–H and O–H groups in total. The highest BCUT2D eigenvalue weighted by Gasteiger charge is 2.33. The molecular weight excluding hydrogens is 282 g/mol. The summed E-state index contributed by atoms with van der Waals surface area (Å²) in [6.45, 7) is 2.21. The van der Waals surface area contributed by atoms with E-state index in [0.717, 1.165) is 19.3 Å². The van der Waals surface area contributed by atoms with Crippen LogP contribution in [0.5, 0.6) is 0 Å². The van der Waals surface area contributed by atoms with Gasteiger partial charge in [0.15, 0.2) is 0 Å². The smallest absolute Gasteiger partial charge is 0.323 e. The highest BCUT2D eigenvalue weighted by atomic mass is 16.4. The van der Waals surface area contributed by atoms with Gasteiger partial charge in [-0.15, -0.1) is 0 Å². The molecule has 0 unspecified atom stereocenters. The molecule has 0 aromatic rings. The maximum absolute atomic E-state index is 11.2. The second-order valence-corrected chi connectivity index (χ2v) is 6.29. The van der Waals surface area contributed by atoms with Crippen molar-refractivity contribution in [2.45, 2.75) is 95.9 Å². The number of carboxylic acid groups (broad SMARTS) is 2. The van der Waals surface area contributed by atoms with Crippen LogP contribution in [0, 0.1) is 0 Å². The van der Waals surface area contributed by atoms with Gasteiger partial charge in [-0.2, -0.15) is 0 Å². The van der Waals surface area contributed by atoms with E-state index in [4.69, 9.17) is 10.8 Å². The van der Waals surface area contributed by atoms with Crippen LogP contribution >= 0.6 is 0 Å². The molecule has 5 nitrogen and oxygen atoms in total. The summed E-state index contributed by atoms with van der Waals surface area (Å²) in [6.07, 6.45) is 11.9. The first-order valence-electron chi connectivity index (χ1n) is 8.66. The summed E-state index contributed by atoms with van der Waals surface area (Å²) in [5, 5.41) is 17.8. The summed E-state index contributed by atoms with van der Waals surface area (Å²) in [5.74, 6) is -2.09. The topological polar surface area (TPSA) is 101 Å². The van der Waals surface area contributed by atoms with Gasteiger partial charge in [-0.05, 0) is 12.8 Å². The zero-order valence-corrected chi connectivity index (χ0v) is 14.0. The number of rotatable bonds is 15.